The van der Waals surface area contributed by atoms with E-state index in [1.54, 1.807) is 23.9 Å². The highest BCUT2D eigenvalue weighted by Crippen LogP contribution is 2.36. The topological polar surface area (TPSA) is 84.5 Å². The summed E-state index contributed by atoms with van der Waals surface area (Å²) in [7, 11) is -3.60. The highest BCUT2D eigenvalue weighted by molar-refractivity contribution is 8.00. The first kappa shape index (κ1) is 19.2. The molecule has 1 heterocycles. The number of benzene rings is 1. The Hall–Kier alpha value is -1.09. The van der Waals surface area contributed by atoms with Crippen LogP contribution >= 0.6 is 11.8 Å². The maximum atomic E-state index is 12.4. The fraction of sp³-hybridized carbons (Fsp3) is 0.562. The Morgan fingerprint density at radius 1 is 1.42 bits per heavy atom. The highest BCUT2D eigenvalue weighted by Gasteiger charge is 2.22. The van der Waals surface area contributed by atoms with Gasteiger partial charge >= 0.3 is 0 Å². The van der Waals surface area contributed by atoms with Gasteiger partial charge in [-0.3, -0.25) is 4.79 Å². The number of ether oxygens (including phenoxy) is 1. The smallest absolute Gasteiger partial charge is 0.240 e. The zero-order valence-electron chi connectivity index (χ0n) is 14.2. The van der Waals surface area contributed by atoms with Gasteiger partial charge in [0, 0.05) is 29.7 Å². The zero-order chi connectivity index (χ0) is 17.7. The number of fused-ring (bicyclic) bond motifs is 1. The predicted molar refractivity (Wildman–Crippen MR) is 95.9 cm³/mol. The van der Waals surface area contributed by atoms with E-state index in [1.807, 2.05) is 20.8 Å². The van der Waals surface area contributed by atoms with Crippen LogP contribution < -0.4 is 10.0 Å². The van der Waals surface area contributed by atoms with Gasteiger partial charge in [0.1, 0.15) is 0 Å². The molecule has 0 radical (unpaired) electrons. The Morgan fingerprint density at radius 3 is 2.88 bits per heavy atom. The quantitative estimate of drug-likeness (QED) is 0.719. The van der Waals surface area contributed by atoms with E-state index in [-0.39, 0.29) is 22.2 Å². The molecule has 0 spiro atoms. The van der Waals surface area contributed by atoms with Gasteiger partial charge in [0.05, 0.1) is 16.7 Å². The number of nitrogens with one attached hydrogen (secondary N) is 2. The summed E-state index contributed by atoms with van der Waals surface area (Å²) in [4.78, 5) is 12.9. The number of sulfonamides is 1. The van der Waals surface area contributed by atoms with Crippen molar-refractivity contribution >= 4 is 33.4 Å². The molecule has 8 heteroatoms. The maximum Gasteiger partial charge on any atom is 0.240 e. The number of hydrogen-bond acceptors (Lipinski definition) is 5. The molecule has 1 aromatic rings. The molecule has 0 aromatic heterocycles. The van der Waals surface area contributed by atoms with Gasteiger partial charge in [-0.2, -0.15) is 0 Å². The third-order valence-electron chi connectivity index (χ3n) is 3.40. The first-order valence-electron chi connectivity index (χ1n) is 8.00. The van der Waals surface area contributed by atoms with Crippen LogP contribution in [0.3, 0.4) is 0 Å². The average molecular weight is 373 g/mol. The summed E-state index contributed by atoms with van der Waals surface area (Å²) < 4.78 is 32.7. The highest BCUT2D eigenvalue weighted by atomic mass is 32.2. The third kappa shape index (κ3) is 5.47. The van der Waals surface area contributed by atoms with Gasteiger partial charge in [-0.1, -0.05) is 6.92 Å². The summed E-state index contributed by atoms with van der Waals surface area (Å²) in [6, 6.07) is 4.84. The summed E-state index contributed by atoms with van der Waals surface area (Å²) in [5.74, 6) is -0.0953. The summed E-state index contributed by atoms with van der Waals surface area (Å²) >= 11 is 1.57. The van der Waals surface area contributed by atoms with Crippen molar-refractivity contribution in [2.75, 3.05) is 18.5 Å². The van der Waals surface area contributed by atoms with E-state index < -0.39 is 10.0 Å². The van der Waals surface area contributed by atoms with Crippen molar-refractivity contribution in [3.8, 4) is 0 Å². The van der Waals surface area contributed by atoms with Crippen molar-refractivity contribution < 1.29 is 17.9 Å². The van der Waals surface area contributed by atoms with Crippen LogP contribution in [0.2, 0.25) is 0 Å². The second kappa shape index (κ2) is 8.33. The Kier molecular flexibility index (Phi) is 6.68. The minimum Gasteiger partial charge on any atom is -0.379 e. The van der Waals surface area contributed by atoms with Crippen LogP contribution in [-0.2, 0) is 19.6 Å². The normalized spacial score (nSPS) is 18.2. The fourth-order valence-electron chi connectivity index (χ4n) is 2.28. The molecule has 0 unspecified atom stereocenters. The number of carbonyl (C=O) groups is 1. The van der Waals surface area contributed by atoms with Gasteiger partial charge in [-0.15, -0.1) is 11.8 Å². The lowest BCUT2D eigenvalue weighted by molar-refractivity contribution is -0.116. The van der Waals surface area contributed by atoms with Crippen LogP contribution in [0.4, 0.5) is 5.69 Å². The standard InChI is InChI=1S/C16H24N2O4S2/c1-11(2)22-8-4-7-17-24(20,21)13-5-6-15-14(10-13)18-16(19)9-12(3)23-15/h5-6,10-12,17H,4,7-9H2,1-3H3,(H,18,19)/t12-/m0/s1. The zero-order valence-corrected chi connectivity index (χ0v) is 15.8. The van der Waals surface area contributed by atoms with Crippen LogP contribution in [0.1, 0.15) is 33.6 Å². The molecule has 0 fully saturated rings. The van der Waals surface area contributed by atoms with Crippen LogP contribution in [0.15, 0.2) is 28.0 Å². The second-order valence-corrected chi connectivity index (χ2v) is 9.26. The molecule has 1 aliphatic rings. The lowest BCUT2D eigenvalue weighted by atomic mass is 10.3. The summed E-state index contributed by atoms with van der Waals surface area (Å²) in [5.41, 5.74) is 0.556. The van der Waals surface area contributed by atoms with Crippen LogP contribution in [0.25, 0.3) is 0 Å². The van der Waals surface area contributed by atoms with Gasteiger partial charge in [0.2, 0.25) is 15.9 Å². The first-order valence-corrected chi connectivity index (χ1v) is 10.4. The molecule has 24 heavy (non-hydrogen) atoms. The van der Waals surface area contributed by atoms with Crippen molar-refractivity contribution in [2.24, 2.45) is 0 Å². The van der Waals surface area contributed by atoms with Gasteiger partial charge in [0.15, 0.2) is 0 Å². The van der Waals surface area contributed by atoms with Crippen molar-refractivity contribution in [3.05, 3.63) is 18.2 Å². The number of carbonyl (C=O) groups excluding carboxylic acids is 1. The summed E-state index contributed by atoms with van der Waals surface area (Å²) in [5, 5.41) is 2.94. The number of anilines is 1. The second-order valence-electron chi connectivity index (χ2n) is 6.01. The predicted octanol–water partition coefficient (Wildman–Crippen LogP) is 2.60. The molecule has 1 atom stereocenters. The number of rotatable bonds is 7. The van der Waals surface area contributed by atoms with E-state index in [0.29, 0.717) is 31.7 Å². The Bertz CT molecular complexity index is 689. The van der Waals surface area contributed by atoms with Crippen LogP contribution in [0, 0.1) is 0 Å². The van der Waals surface area contributed by atoms with E-state index in [0.717, 1.165) is 4.90 Å². The van der Waals surface area contributed by atoms with Crippen molar-refractivity contribution in [1.82, 2.24) is 4.72 Å². The van der Waals surface area contributed by atoms with E-state index in [1.165, 1.54) is 6.07 Å². The Morgan fingerprint density at radius 2 is 2.17 bits per heavy atom. The molecule has 6 nitrogen and oxygen atoms in total. The van der Waals surface area contributed by atoms with Gasteiger partial charge < -0.3 is 10.1 Å². The molecule has 2 rings (SSSR count). The Balaban J connectivity index is 2.04. The van der Waals surface area contributed by atoms with E-state index in [9.17, 15) is 13.2 Å². The lowest BCUT2D eigenvalue weighted by Gasteiger charge is -2.12. The maximum absolute atomic E-state index is 12.4. The third-order valence-corrected chi connectivity index (χ3v) is 6.04. The molecule has 0 bridgehead atoms. The number of amides is 1. The van der Waals surface area contributed by atoms with Crippen molar-refractivity contribution in [3.63, 3.8) is 0 Å². The summed E-state index contributed by atoms with van der Waals surface area (Å²) in [6.45, 7) is 6.67. The monoisotopic (exact) mass is 372 g/mol. The molecular weight excluding hydrogens is 348 g/mol. The number of hydrogen-bond donors (Lipinski definition) is 2. The molecule has 1 amide bonds. The molecule has 0 aliphatic carbocycles. The minimum absolute atomic E-state index is 0.0953. The van der Waals surface area contributed by atoms with Crippen LogP contribution in [0.5, 0.6) is 0 Å². The van der Waals surface area contributed by atoms with Gasteiger partial charge in [-0.05, 0) is 38.5 Å². The average Bonchev–Trinajstić information content (AvgIpc) is 2.61. The molecule has 2 N–H and O–H groups in total. The molecule has 1 aliphatic heterocycles. The Labute approximate surface area is 147 Å². The van der Waals surface area contributed by atoms with E-state index in [4.69, 9.17) is 4.74 Å². The summed E-state index contributed by atoms with van der Waals surface area (Å²) in [6.07, 6.45) is 1.15. The molecule has 0 saturated carbocycles. The van der Waals surface area contributed by atoms with Crippen molar-refractivity contribution in [1.29, 1.82) is 0 Å². The largest absolute Gasteiger partial charge is 0.379 e. The van der Waals surface area contributed by atoms with E-state index in [2.05, 4.69) is 10.0 Å². The molecule has 0 saturated heterocycles. The fourth-order valence-corrected chi connectivity index (χ4v) is 4.43. The number of thioether (sulfide) groups is 1. The van der Waals surface area contributed by atoms with Crippen LogP contribution in [-0.4, -0.2) is 38.8 Å². The molecule has 1 aromatic carbocycles. The molecule has 134 valence electrons. The SMILES string of the molecule is CC(C)OCCCNS(=O)(=O)c1ccc2c(c1)NC(=O)C[C@H](C)S2. The van der Waals surface area contributed by atoms with E-state index >= 15 is 0 Å². The lowest BCUT2D eigenvalue weighted by Crippen LogP contribution is -2.26. The first-order chi connectivity index (χ1) is 11.3. The van der Waals surface area contributed by atoms with Gasteiger partial charge in [0.25, 0.3) is 0 Å². The van der Waals surface area contributed by atoms with Gasteiger partial charge in [-0.25, -0.2) is 13.1 Å². The van der Waals surface area contributed by atoms with Crippen molar-refractivity contribution in [2.45, 2.75) is 54.8 Å². The minimum atomic E-state index is -3.60. The molecular formula is C16H24N2O4S2.